The number of thiazole rings is 1. The molecule has 3 rings (SSSR count). The first-order valence-corrected chi connectivity index (χ1v) is 7.32. The molecule has 20 heavy (non-hydrogen) atoms. The van der Waals surface area contributed by atoms with Crippen LogP contribution in [-0.4, -0.2) is 12.1 Å². The predicted octanol–water partition coefficient (Wildman–Crippen LogP) is 4.79. The van der Waals surface area contributed by atoms with E-state index in [4.69, 9.17) is 9.72 Å². The number of hydrogen-bond acceptors (Lipinski definition) is 3. The van der Waals surface area contributed by atoms with Crippen molar-refractivity contribution < 1.29 is 4.74 Å². The van der Waals surface area contributed by atoms with Crippen LogP contribution in [0.1, 0.15) is 5.56 Å². The summed E-state index contributed by atoms with van der Waals surface area (Å²) in [7, 11) is 1.68. The highest BCUT2D eigenvalue weighted by atomic mass is 32.1. The van der Waals surface area contributed by atoms with Gasteiger partial charge in [0.25, 0.3) is 0 Å². The van der Waals surface area contributed by atoms with E-state index in [0.29, 0.717) is 0 Å². The van der Waals surface area contributed by atoms with Gasteiger partial charge in [-0.05, 0) is 24.6 Å². The second kappa shape index (κ2) is 5.47. The molecule has 0 bridgehead atoms. The quantitative estimate of drug-likeness (QED) is 0.688. The molecule has 0 fully saturated rings. The highest BCUT2D eigenvalue weighted by Gasteiger charge is 2.08. The molecule has 0 amide bonds. The Bertz CT molecular complexity index is 733. The minimum atomic E-state index is 0.855. The van der Waals surface area contributed by atoms with Gasteiger partial charge in [-0.25, -0.2) is 4.98 Å². The fourth-order valence-corrected chi connectivity index (χ4v) is 3.04. The van der Waals surface area contributed by atoms with E-state index in [1.807, 2.05) is 18.2 Å². The van der Waals surface area contributed by atoms with E-state index in [1.165, 1.54) is 11.1 Å². The van der Waals surface area contributed by atoms with Gasteiger partial charge in [0.05, 0.1) is 12.8 Å². The normalized spacial score (nSPS) is 10.5. The molecular formula is C17H15NOS. The number of nitrogens with zero attached hydrogens (tertiary/aromatic N) is 1. The second-order valence-electron chi connectivity index (χ2n) is 4.58. The number of rotatable bonds is 3. The monoisotopic (exact) mass is 281 g/mol. The molecule has 0 aliphatic heterocycles. The van der Waals surface area contributed by atoms with Crippen molar-refractivity contribution in [2.75, 3.05) is 7.11 Å². The third kappa shape index (κ3) is 2.45. The van der Waals surface area contributed by atoms with Crippen LogP contribution >= 0.6 is 11.3 Å². The smallest absolute Gasteiger partial charge is 0.124 e. The maximum absolute atomic E-state index is 5.26. The Balaban J connectivity index is 2.00. The van der Waals surface area contributed by atoms with E-state index >= 15 is 0 Å². The molecule has 2 nitrogen and oxygen atoms in total. The third-order valence-corrected chi connectivity index (χ3v) is 4.12. The molecule has 0 radical (unpaired) electrons. The van der Waals surface area contributed by atoms with Gasteiger partial charge in [-0.1, -0.05) is 36.4 Å². The van der Waals surface area contributed by atoms with Crippen LogP contribution in [-0.2, 0) is 0 Å². The van der Waals surface area contributed by atoms with Crippen LogP contribution in [0.15, 0.2) is 53.9 Å². The van der Waals surface area contributed by atoms with Crippen molar-refractivity contribution in [2.45, 2.75) is 6.92 Å². The van der Waals surface area contributed by atoms with Crippen LogP contribution in [0.5, 0.6) is 5.75 Å². The van der Waals surface area contributed by atoms with E-state index in [2.05, 4.69) is 42.6 Å². The Morgan fingerprint density at radius 3 is 2.70 bits per heavy atom. The number of ether oxygens (including phenoxy) is 1. The summed E-state index contributed by atoms with van der Waals surface area (Å²) in [6, 6.07) is 16.3. The first kappa shape index (κ1) is 12.9. The summed E-state index contributed by atoms with van der Waals surface area (Å²) in [6.45, 7) is 2.11. The van der Waals surface area contributed by atoms with E-state index in [1.54, 1.807) is 18.4 Å². The van der Waals surface area contributed by atoms with E-state index < -0.39 is 0 Å². The average Bonchev–Trinajstić information content (AvgIpc) is 2.97. The summed E-state index contributed by atoms with van der Waals surface area (Å²) < 4.78 is 5.26. The molecule has 3 heteroatoms. The Morgan fingerprint density at radius 2 is 1.90 bits per heavy atom. The van der Waals surface area contributed by atoms with Crippen molar-refractivity contribution in [3.05, 3.63) is 59.5 Å². The van der Waals surface area contributed by atoms with Gasteiger partial charge in [-0.3, -0.25) is 0 Å². The van der Waals surface area contributed by atoms with Crippen LogP contribution in [0.25, 0.3) is 21.8 Å². The molecule has 1 aromatic heterocycles. The molecule has 0 unspecified atom stereocenters. The molecule has 0 saturated heterocycles. The first-order chi connectivity index (χ1) is 9.78. The van der Waals surface area contributed by atoms with Gasteiger partial charge in [0, 0.05) is 16.5 Å². The second-order valence-corrected chi connectivity index (χ2v) is 5.44. The summed E-state index contributed by atoms with van der Waals surface area (Å²) in [4.78, 5) is 4.75. The maximum Gasteiger partial charge on any atom is 0.124 e. The lowest BCUT2D eigenvalue weighted by atomic mass is 10.1. The van der Waals surface area contributed by atoms with Gasteiger partial charge < -0.3 is 4.74 Å². The van der Waals surface area contributed by atoms with Crippen LogP contribution in [0.3, 0.4) is 0 Å². The van der Waals surface area contributed by atoms with Gasteiger partial charge in [-0.15, -0.1) is 11.3 Å². The topological polar surface area (TPSA) is 22.1 Å². The third-order valence-electron chi connectivity index (χ3n) is 3.25. The SMILES string of the molecule is COc1cccc(-c2csc(-c3ccccc3C)n2)c1. The van der Waals surface area contributed by atoms with Gasteiger partial charge in [-0.2, -0.15) is 0 Å². The van der Waals surface area contributed by atoms with E-state index in [-0.39, 0.29) is 0 Å². The van der Waals surface area contributed by atoms with E-state index in [9.17, 15) is 0 Å². The standard InChI is InChI=1S/C17H15NOS/c1-12-6-3-4-9-15(12)17-18-16(11-20-17)13-7-5-8-14(10-13)19-2/h3-11H,1-2H3. The molecule has 0 aliphatic rings. The van der Waals surface area contributed by atoms with Crippen molar-refractivity contribution >= 4 is 11.3 Å². The van der Waals surface area contributed by atoms with Crippen molar-refractivity contribution in [2.24, 2.45) is 0 Å². The number of benzene rings is 2. The van der Waals surface area contributed by atoms with Crippen molar-refractivity contribution in [3.63, 3.8) is 0 Å². The van der Waals surface area contributed by atoms with Crippen LogP contribution < -0.4 is 4.74 Å². The minimum Gasteiger partial charge on any atom is -0.497 e. The number of aromatic nitrogens is 1. The van der Waals surface area contributed by atoms with Crippen LogP contribution in [0, 0.1) is 6.92 Å². The molecule has 0 N–H and O–H groups in total. The van der Waals surface area contributed by atoms with Crippen LogP contribution in [0.2, 0.25) is 0 Å². The fourth-order valence-electron chi connectivity index (χ4n) is 2.13. The molecule has 0 aliphatic carbocycles. The Morgan fingerprint density at radius 1 is 1.05 bits per heavy atom. The van der Waals surface area contributed by atoms with E-state index in [0.717, 1.165) is 22.0 Å². The lowest BCUT2D eigenvalue weighted by Gasteiger charge is -2.02. The predicted molar refractivity (Wildman–Crippen MR) is 84.3 cm³/mol. The van der Waals surface area contributed by atoms with Crippen LogP contribution in [0.4, 0.5) is 0 Å². The zero-order valence-corrected chi connectivity index (χ0v) is 12.3. The Hall–Kier alpha value is -2.13. The maximum atomic E-state index is 5.26. The fraction of sp³-hybridized carbons (Fsp3) is 0.118. The molecule has 0 saturated carbocycles. The number of methoxy groups -OCH3 is 1. The summed E-state index contributed by atoms with van der Waals surface area (Å²) >= 11 is 1.67. The average molecular weight is 281 g/mol. The zero-order valence-electron chi connectivity index (χ0n) is 11.5. The number of aryl methyl sites for hydroxylation is 1. The summed E-state index contributed by atoms with van der Waals surface area (Å²) in [5, 5.41) is 3.15. The van der Waals surface area contributed by atoms with Gasteiger partial charge in [0.2, 0.25) is 0 Å². The summed E-state index contributed by atoms with van der Waals surface area (Å²) in [6.07, 6.45) is 0. The highest BCUT2D eigenvalue weighted by Crippen LogP contribution is 2.31. The minimum absolute atomic E-state index is 0.855. The summed E-state index contributed by atoms with van der Waals surface area (Å²) in [5.74, 6) is 0.855. The van der Waals surface area contributed by atoms with Crippen molar-refractivity contribution in [1.29, 1.82) is 0 Å². The van der Waals surface area contributed by atoms with Crippen molar-refractivity contribution in [3.8, 4) is 27.6 Å². The number of hydrogen-bond donors (Lipinski definition) is 0. The van der Waals surface area contributed by atoms with Crippen molar-refractivity contribution in [1.82, 2.24) is 4.98 Å². The highest BCUT2D eigenvalue weighted by molar-refractivity contribution is 7.13. The van der Waals surface area contributed by atoms with Gasteiger partial charge >= 0.3 is 0 Å². The molecular weight excluding hydrogens is 266 g/mol. The Labute approximate surface area is 122 Å². The molecule has 0 atom stereocenters. The molecule has 2 aromatic carbocycles. The Kier molecular flexibility index (Phi) is 3.52. The molecule has 1 heterocycles. The summed E-state index contributed by atoms with van der Waals surface area (Å²) in [5.41, 5.74) is 4.53. The lowest BCUT2D eigenvalue weighted by molar-refractivity contribution is 0.415. The molecule has 0 spiro atoms. The first-order valence-electron chi connectivity index (χ1n) is 6.44. The molecule has 100 valence electrons. The van der Waals surface area contributed by atoms with Gasteiger partial charge in [0.1, 0.15) is 10.8 Å². The lowest BCUT2D eigenvalue weighted by Crippen LogP contribution is -1.85. The zero-order chi connectivity index (χ0) is 13.9. The van der Waals surface area contributed by atoms with Gasteiger partial charge in [0.15, 0.2) is 0 Å². The molecule has 3 aromatic rings. The largest absolute Gasteiger partial charge is 0.497 e.